The van der Waals surface area contributed by atoms with Gasteiger partial charge in [0.05, 0.1) is 12.8 Å². The van der Waals surface area contributed by atoms with Crippen LogP contribution in [0, 0.1) is 0 Å². The third-order valence-electron chi connectivity index (χ3n) is 2.42. The third kappa shape index (κ3) is 4.47. The number of anilines is 1. The molecule has 0 aliphatic carbocycles. The normalized spacial score (nSPS) is 11.3. The Morgan fingerprint density at radius 1 is 1.55 bits per heavy atom. The first-order valence-electron chi connectivity index (χ1n) is 5.72. The Morgan fingerprint density at radius 3 is 2.80 bits per heavy atom. The van der Waals surface area contributed by atoms with E-state index in [0.717, 1.165) is 0 Å². The van der Waals surface area contributed by atoms with Crippen molar-refractivity contribution < 1.29 is 19.4 Å². The van der Waals surface area contributed by atoms with Crippen molar-refractivity contribution in [2.24, 2.45) is 0 Å². The highest BCUT2D eigenvalue weighted by Crippen LogP contribution is 2.27. The molecule has 0 aliphatic heterocycles. The number of amides is 2. The number of nitrogens with one attached hydrogen (secondary N) is 2. The van der Waals surface area contributed by atoms with E-state index in [-0.39, 0.29) is 6.42 Å². The minimum Gasteiger partial charge on any atom is -0.495 e. The fourth-order valence-electron chi connectivity index (χ4n) is 1.48. The van der Waals surface area contributed by atoms with Crippen LogP contribution in [0.15, 0.2) is 30.9 Å². The van der Waals surface area contributed by atoms with Crippen LogP contribution >= 0.6 is 11.6 Å². The van der Waals surface area contributed by atoms with Crippen molar-refractivity contribution in [2.45, 2.75) is 12.5 Å². The van der Waals surface area contributed by atoms with E-state index in [1.165, 1.54) is 19.3 Å². The number of carboxylic acid groups (broad SMARTS) is 1. The Balaban J connectivity index is 2.77. The summed E-state index contributed by atoms with van der Waals surface area (Å²) >= 11 is 5.83. The Morgan fingerprint density at radius 2 is 2.25 bits per heavy atom. The molecule has 1 rings (SSSR count). The summed E-state index contributed by atoms with van der Waals surface area (Å²) in [5.74, 6) is -0.724. The number of urea groups is 1. The van der Waals surface area contributed by atoms with E-state index in [1.807, 2.05) is 0 Å². The van der Waals surface area contributed by atoms with Gasteiger partial charge >= 0.3 is 12.0 Å². The lowest BCUT2D eigenvalue weighted by Gasteiger charge is -2.15. The summed E-state index contributed by atoms with van der Waals surface area (Å²) in [6.07, 6.45) is 1.54. The van der Waals surface area contributed by atoms with Crippen molar-refractivity contribution in [1.29, 1.82) is 0 Å². The molecular formula is C13H15ClN2O4. The molecule has 2 amide bonds. The van der Waals surface area contributed by atoms with E-state index in [0.29, 0.717) is 16.5 Å². The summed E-state index contributed by atoms with van der Waals surface area (Å²) in [5, 5.41) is 14.2. The highest BCUT2D eigenvalue weighted by Gasteiger charge is 2.18. The lowest BCUT2D eigenvalue weighted by molar-refractivity contribution is -0.139. The van der Waals surface area contributed by atoms with E-state index in [4.69, 9.17) is 21.4 Å². The molecule has 3 N–H and O–H groups in total. The number of carbonyl (C=O) groups excluding carboxylic acids is 1. The molecule has 0 aliphatic rings. The predicted molar refractivity (Wildman–Crippen MR) is 76.4 cm³/mol. The van der Waals surface area contributed by atoms with Crippen molar-refractivity contribution in [3.8, 4) is 5.75 Å². The molecule has 1 atom stereocenters. The molecule has 0 fully saturated rings. The largest absolute Gasteiger partial charge is 0.495 e. The van der Waals surface area contributed by atoms with Crippen molar-refractivity contribution in [3.05, 3.63) is 35.9 Å². The minimum atomic E-state index is -1.14. The Labute approximate surface area is 121 Å². The van der Waals surface area contributed by atoms with Crippen LogP contribution < -0.4 is 15.4 Å². The quantitative estimate of drug-likeness (QED) is 0.704. The van der Waals surface area contributed by atoms with Crippen molar-refractivity contribution in [3.63, 3.8) is 0 Å². The third-order valence-corrected chi connectivity index (χ3v) is 2.65. The SMILES string of the molecule is C=CCC(NC(=O)Nc1cc(Cl)ccc1OC)C(=O)O. The maximum absolute atomic E-state index is 11.8. The second-order valence-electron chi connectivity index (χ2n) is 3.86. The van der Waals surface area contributed by atoms with Gasteiger partial charge in [0, 0.05) is 5.02 Å². The maximum atomic E-state index is 11.8. The van der Waals surface area contributed by atoms with Gasteiger partial charge in [-0.3, -0.25) is 0 Å². The van der Waals surface area contributed by atoms with Crippen LogP contribution in [-0.2, 0) is 4.79 Å². The number of rotatable bonds is 6. The van der Waals surface area contributed by atoms with Gasteiger partial charge in [0.25, 0.3) is 0 Å². The van der Waals surface area contributed by atoms with Crippen LogP contribution in [0.2, 0.25) is 5.02 Å². The number of methoxy groups -OCH3 is 1. The number of halogens is 1. The van der Waals surface area contributed by atoms with Gasteiger partial charge in [-0.05, 0) is 24.6 Å². The fraction of sp³-hybridized carbons (Fsp3) is 0.231. The van der Waals surface area contributed by atoms with Gasteiger partial charge in [-0.2, -0.15) is 0 Å². The number of benzene rings is 1. The van der Waals surface area contributed by atoms with Gasteiger partial charge in [-0.15, -0.1) is 6.58 Å². The molecule has 0 heterocycles. The van der Waals surface area contributed by atoms with Crippen molar-refractivity contribution >= 4 is 29.3 Å². The lowest BCUT2D eigenvalue weighted by atomic mass is 10.2. The smallest absolute Gasteiger partial charge is 0.326 e. The van der Waals surface area contributed by atoms with Gasteiger partial charge in [-0.25, -0.2) is 9.59 Å². The van der Waals surface area contributed by atoms with E-state index >= 15 is 0 Å². The van der Waals surface area contributed by atoms with Gasteiger partial charge in [0.15, 0.2) is 0 Å². The Bertz CT molecular complexity index is 519. The summed E-state index contributed by atoms with van der Waals surface area (Å²) in [6, 6.07) is 3.00. The van der Waals surface area contributed by atoms with Gasteiger partial charge in [0.2, 0.25) is 0 Å². The van der Waals surface area contributed by atoms with E-state index < -0.39 is 18.0 Å². The molecule has 1 aromatic rings. The molecule has 0 saturated carbocycles. The Kier molecular flexibility index (Phi) is 5.86. The fourth-order valence-corrected chi connectivity index (χ4v) is 1.65. The van der Waals surface area contributed by atoms with Crippen LogP contribution in [0.1, 0.15) is 6.42 Å². The number of ether oxygens (including phenoxy) is 1. The number of aliphatic carboxylic acids is 1. The lowest BCUT2D eigenvalue weighted by Crippen LogP contribution is -2.42. The molecule has 0 aromatic heterocycles. The van der Waals surface area contributed by atoms with Crippen LogP contribution in [0.25, 0.3) is 0 Å². The summed E-state index contributed by atoms with van der Waals surface area (Å²) < 4.78 is 5.07. The van der Waals surface area contributed by atoms with Gasteiger partial charge in [0.1, 0.15) is 11.8 Å². The molecule has 0 spiro atoms. The molecule has 20 heavy (non-hydrogen) atoms. The first-order chi connectivity index (χ1) is 9.47. The minimum absolute atomic E-state index is 0.120. The molecule has 6 nitrogen and oxygen atoms in total. The standard InChI is InChI=1S/C13H15ClN2O4/c1-3-4-9(12(17)18)15-13(19)16-10-7-8(14)5-6-11(10)20-2/h3,5-7,9H,1,4H2,2H3,(H,17,18)(H2,15,16,19). The molecule has 108 valence electrons. The van der Waals surface area contributed by atoms with Gasteiger partial charge < -0.3 is 20.5 Å². The molecule has 7 heteroatoms. The first-order valence-corrected chi connectivity index (χ1v) is 6.10. The highest BCUT2D eigenvalue weighted by atomic mass is 35.5. The first kappa shape index (κ1) is 15.8. The summed E-state index contributed by atoms with van der Waals surface area (Å²) in [7, 11) is 1.45. The molecular weight excluding hydrogens is 284 g/mol. The molecule has 1 aromatic carbocycles. The zero-order valence-electron chi connectivity index (χ0n) is 10.9. The summed E-state index contributed by atoms with van der Waals surface area (Å²) in [5.41, 5.74) is 0.347. The van der Waals surface area contributed by atoms with Crippen molar-refractivity contribution in [1.82, 2.24) is 5.32 Å². The molecule has 1 unspecified atom stereocenters. The Hall–Kier alpha value is -2.21. The zero-order chi connectivity index (χ0) is 15.1. The van der Waals surface area contributed by atoms with Crippen LogP contribution in [-0.4, -0.2) is 30.3 Å². The van der Waals surface area contributed by atoms with E-state index in [9.17, 15) is 9.59 Å². The van der Waals surface area contributed by atoms with Crippen molar-refractivity contribution in [2.75, 3.05) is 12.4 Å². The topological polar surface area (TPSA) is 87.7 Å². The molecule has 0 bridgehead atoms. The van der Waals surface area contributed by atoms with Crippen LogP contribution in [0.3, 0.4) is 0 Å². The average molecular weight is 299 g/mol. The maximum Gasteiger partial charge on any atom is 0.326 e. The van der Waals surface area contributed by atoms with Crippen LogP contribution in [0.5, 0.6) is 5.75 Å². The second kappa shape index (κ2) is 7.40. The number of carbonyl (C=O) groups is 2. The molecule has 0 radical (unpaired) electrons. The van der Waals surface area contributed by atoms with E-state index in [1.54, 1.807) is 12.1 Å². The number of carboxylic acids is 1. The number of hydrogen-bond acceptors (Lipinski definition) is 3. The predicted octanol–water partition coefficient (Wildman–Crippen LogP) is 2.50. The second-order valence-corrected chi connectivity index (χ2v) is 4.29. The van der Waals surface area contributed by atoms with Gasteiger partial charge in [-0.1, -0.05) is 17.7 Å². The van der Waals surface area contributed by atoms with Crippen LogP contribution in [0.4, 0.5) is 10.5 Å². The average Bonchev–Trinajstić information content (AvgIpc) is 2.38. The zero-order valence-corrected chi connectivity index (χ0v) is 11.6. The highest BCUT2D eigenvalue weighted by molar-refractivity contribution is 6.31. The summed E-state index contributed by atoms with van der Waals surface area (Å²) in [4.78, 5) is 22.7. The number of hydrogen-bond donors (Lipinski definition) is 3. The monoisotopic (exact) mass is 298 g/mol. The summed E-state index contributed by atoms with van der Waals surface area (Å²) in [6.45, 7) is 3.44. The van der Waals surface area contributed by atoms with E-state index in [2.05, 4.69) is 17.2 Å². The molecule has 0 saturated heterocycles.